The van der Waals surface area contributed by atoms with Crippen LogP contribution in [-0.4, -0.2) is 16.1 Å². The molecule has 0 saturated carbocycles. The maximum absolute atomic E-state index is 12.9. The van der Waals surface area contributed by atoms with Crippen LogP contribution in [0.1, 0.15) is 21.6 Å². The number of hydrogen-bond acceptors (Lipinski definition) is 3. The Morgan fingerprint density at radius 2 is 2.05 bits per heavy atom. The van der Waals surface area contributed by atoms with E-state index in [1.165, 1.54) is 12.3 Å². The first kappa shape index (κ1) is 15.4. The molecule has 0 aliphatic heterocycles. The van der Waals surface area contributed by atoms with Gasteiger partial charge in [-0.15, -0.1) is 0 Å². The van der Waals surface area contributed by atoms with E-state index in [1.807, 2.05) is 0 Å². The number of nitrogens with one attached hydrogen (secondary N) is 1. The fourth-order valence-electron chi connectivity index (χ4n) is 1.64. The van der Waals surface area contributed by atoms with Crippen LogP contribution in [0.15, 0.2) is 41.0 Å². The monoisotopic (exact) mass is 359 g/mol. The van der Waals surface area contributed by atoms with Crippen molar-refractivity contribution in [2.75, 3.05) is 0 Å². The molecule has 2 rings (SSSR count). The molecule has 0 saturated heterocycles. The zero-order chi connectivity index (χ0) is 15.5. The first-order valence-corrected chi connectivity index (χ1v) is 6.59. The van der Waals surface area contributed by atoms with E-state index in [0.717, 1.165) is 12.1 Å². The first-order valence-electron chi connectivity index (χ1n) is 5.79. The van der Waals surface area contributed by atoms with E-state index in [9.17, 15) is 18.0 Å². The number of benzene rings is 1. The molecule has 0 spiro atoms. The highest BCUT2D eigenvalue weighted by molar-refractivity contribution is 9.10. The number of carbonyl (C=O) groups excluding carboxylic acids is 1. The van der Waals surface area contributed by atoms with Crippen molar-refractivity contribution in [2.45, 2.75) is 12.7 Å². The molecule has 1 aromatic carbocycles. The van der Waals surface area contributed by atoms with Crippen LogP contribution in [0.3, 0.4) is 0 Å². The average molecular weight is 360 g/mol. The van der Waals surface area contributed by atoms with Crippen molar-refractivity contribution in [2.24, 2.45) is 0 Å². The number of halogens is 4. The lowest BCUT2D eigenvalue weighted by Crippen LogP contribution is -2.26. The third kappa shape index (κ3) is 4.01. The topological polar surface area (TPSA) is 54.9 Å². The molecule has 2 aromatic rings. The molecule has 1 amide bonds. The fraction of sp³-hybridized carbons (Fsp3) is 0.154. The van der Waals surface area contributed by atoms with Gasteiger partial charge >= 0.3 is 6.18 Å². The smallest absolute Gasteiger partial charge is 0.346 e. The highest BCUT2D eigenvalue weighted by Crippen LogP contribution is 2.33. The van der Waals surface area contributed by atoms with E-state index < -0.39 is 23.2 Å². The lowest BCUT2D eigenvalue weighted by atomic mass is 10.1. The summed E-state index contributed by atoms with van der Waals surface area (Å²) in [6.07, 6.45) is -3.15. The van der Waals surface area contributed by atoms with Gasteiger partial charge in [0.05, 0.1) is 23.4 Å². The second-order valence-electron chi connectivity index (χ2n) is 4.09. The molecule has 4 nitrogen and oxygen atoms in total. The van der Waals surface area contributed by atoms with Gasteiger partial charge in [0.1, 0.15) is 0 Å². The predicted octanol–water partition coefficient (Wildman–Crippen LogP) is 3.19. The second-order valence-corrected chi connectivity index (χ2v) is 5.00. The Morgan fingerprint density at radius 3 is 2.67 bits per heavy atom. The minimum Gasteiger partial charge on any atom is -0.346 e. The Labute approximate surface area is 126 Å². The Balaban J connectivity index is 2.20. The highest BCUT2D eigenvalue weighted by atomic mass is 79.9. The van der Waals surface area contributed by atoms with Crippen LogP contribution in [-0.2, 0) is 12.7 Å². The van der Waals surface area contributed by atoms with Gasteiger partial charge in [-0.2, -0.15) is 23.4 Å². The molecule has 1 aromatic heterocycles. The largest absolute Gasteiger partial charge is 0.417 e. The van der Waals surface area contributed by atoms with Gasteiger partial charge in [-0.25, -0.2) is 0 Å². The molecule has 0 fully saturated rings. The minimum atomic E-state index is -4.61. The van der Waals surface area contributed by atoms with Crippen molar-refractivity contribution < 1.29 is 18.0 Å². The average Bonchev–Trinajstić information content (AvgIpc) is 2.45. The zero-order valence-electron chi connectivity index (χ0n) is 10.5. The van der Waals surface area contributed by atoms with E-state index in [-0.39, 0.29) is 11.0 Å². The molecular weight excluding hydrogens is 351 g/mol. The number of nitrogens with zero attached hydrogens (tertiary/aromatic N) is 2. The van der Waals surface area contributed by atoms with Crippen molar-refractivity contribution in [3.05, 3.63) is 57.8 Å². The molecular formula is C13H9BrF3N3O. The summed E-state index contributed by atoms with van der Waals surface area (Å²) in [7, 11) is 0. The molecule has 110 valence electrons. The van der Waals surface area contributed by atoms with Crippen LogP contribution in [0.2, 0.25) is 0 Å². The number of carbonyl (C=O) groups is 1. The van der Waals surface area contributed by atoms with Gasteiger partial charge in [0, 0.05) is 10.7 Å². The van der Waals surface area contributed by atoms with E-state index >= 15 is 0 Å². The van der Waals surface area contributed by atoms with Crippen LogP contribution in [0.4, 0.5) is 13.2 Å². The van der Waals surface area contributed by atoms with Gasteiger partial charge < -0.3 is 5.32 Å². The molecule has 0 bridgehead atoms. The first-order chi connectivity index (χ1) is 9.88. The Hall–Kier alpha value is -1.96. The molecule has 0 atom stereocenters. The van der Waals surface area contributed by atoms with Crippen molar-refractivity contribution in [1.29, 1.82) is 0 Å². The number of alkyl halides is 3. The quantitative estimate of drug-likeness (QED) is 0.915. The van der Waals surface area contributed by atoms with Crippen LogP contribution in [0.25, 0.3) is 0 Å². The molecule has 0 radical (unpaired) electrons. The van der Waals surface area contributed by atoms with Gasteiger partial charge in [0.15, 0.2) is 0 Å². The molecule has 0 unspecified atom stereocenters. The summed E-state index contributed by atoms with van der Waals surface area (Å²) < 4.78 is 39.0. The lowest BCUT2D eigenvalue weighted by Gasteiger charge is -2.13. The van der Waals surface area contributed by atoms with Crippen LogP contribution in [0.5, 0.6) is 0 Å². The SMILES string of the molecule is O=C(NCc1cccnn1)c1ccc(Br)cc1C(F)(F)F. The van der Waals surface area contributed by atoms with Crippen molar-refractivity contribution in [3.63, 3.8) is 0 Å². The van der Waals surface area contributed by atoms with Crippen LogP contribution < -0.4 is 5.32 Å². The fourth-order valence-corrected chi connectivity index (χ4v) is 2.00. The summed E-state index contributed by atoms with van der Waals surface area (Å²) in [5.74, 6) is -0.819. The predicted molar refractivity (Wildman–Crippen MR) is 72.3 cm³/mol. The van der Waals surface area contributed by atoms with Crippen molar-refractivity contribution in [3.8, 4) is 0 Å². The summed E-state index contributed by atoms with van der Waals surface area (Å²) in [6, 6.07) is 6.61. The summed E-state index contributed by atoms with van der Waals surface area (Å²) in [4.78, 5) is 11.9. The molecule has 1 heterocycles. The van der Waals surface area contributed by atoms with E-state index in [2.05, 4.69) is 31.4 Å². The number of rotatable bonds is 3. The van der Waals surface area contributed by atoms with Crippen LogP contribution in [0, 0.1) is 0 Å². The van der Waals surface area contributed by atoms with Gasteiger partial charge in [-0.05, 0) is 30.3 Å². The third-order valence-electron chi connectivity index (χ3n) is 2.59. The Morgan fingerprint density at radius 1 is 1.29 bits per heavy atom. The molecule has 8 heteroatoms. The normalized spacial score (nSPS) is 11.2. The number of aromatic nitrogens is 2. The number of hydrogen-bond donors (Lipinski definition) is 1. The molecule has 1 N–H and O–H groups in total. The lowest BCUT2D eigenvalue weighted by molar-refractivity contribution is -0.138. The van der Waals surface area contributed by atoms with Crippen molar-refractivity contribution >= 4 is 21.8 Å². The summed E-state index contributed by atoms with van der Waals surface area (Å²) >= 11 is 2.96. The molecule has 21 heavy (non-hydrogen) atoms. The second kappa shape index (κ2) is 6.21. The summed E-state index contributed by atoms with van der Waals surface area (Å²) in [5.41, 5.74) is -0.973. The van der Waals surface area contributed by atoms with Crippen molar-refractivity contribution in [1.82, 2.24) is 15.5 Å². The van der Waals surface area contributed by atoms with Gasteiger partial charge in [-0.3, -0.25) is 4.79 Å². The third-order valence-corrected chi connectivity index (χ3v) is 3.08. The molecule has 0 aliphatic carbocycles. The van der Waals surface area contributed by atoms with E-state index in [0.29, 0.717) is 5.69 Å². The van der Waals surface area contributed by atoms with Gasteiger partial charge in [0.25, 0.3) is 5.91 Å². The standard InChI is InChI=1S/C13H9BrF3N3O/c14-8-3-4-10(11(6-8)13(15,16)17)12(21)18-7-9-2-1-5-19-20-9/h1-6H,7H2,(H,18,21). The number of amides is 1. The highest BCUT2D eigenvalue weighted by Gasteiger charge is 2.35. The van der Waals surface area contributed by atoms with Gasteiger partial charge in [-0.1, -0.05) is 15.9 Å². The van der Waals surface area contributed by atoms with E-state index in [1.54, 1.807) is 12.1 Å². The van der Waals surface area contributed by atoms with Gasteiger partial charge in [0.2, 0.25) is 0 Å². The maximum Gasteiger partial charge on any atom is 0.417 e. The zero-order valence-corrected chi connectivity index (χ0v) is 12.1. The van der Waals surface area contributed by atoms with E-state index in [4.69, 9.17) is 0 Å². The maximum atomic E-state index is 12.9. The summed E-state index contributed by atoms with van der Waals surface area (Å²) in [6.45, 7) is 0.0000341. The summed E-state index contributed by atoms with van der Waals surface area (Å²) in [5, 5.41) is 9.74. The van der Waals surface area contributed by atoms with Crippen LogP contribution >= 0.6 is 15.9 Å². The minimum absolute atomic E-state index is 0.0000341. The molecule has 0 aliphatic rings. The Kier molecular flexibility index (Phi) is 4.56. The Bertz CT molecular complexity index is 647.